The van der Waals surface area contributed by atoms with E-state index in [9.17, 15) is 39.5 Å². The molecule has 3 rings (SSSR count). The normalized spacial score (nSPS) is 12.0. The maximum atomic E-state index is 14.5. The van der Waals surface area contributed by atoms with Crippen LogP contribution < -0.4 is 20.9 Å². The van der Waals surface area contributed by atoms with Crippen LogP contribution in [-0.4, -0.2) is 0 Å². The number of halogens is 9. The Morgan fingerprint density at radius 1 is 0.606 bits per heavy atom. The summed E-state index contributed by atoms with van der Waals surface area (Å²) in [5.41, 5.74) is 4.56. The number of nitrogens with two attached hydrogens (primary N) is 2. The summed E-state index contributed by atoms with van der Waals surface area (Å²) in [6.07, 6.45) is -11.4. The predicted molar refractivity (Wildman–Crippen MR) is 98.2 cm³/mol. The van der Waals surface area contributed by atoms with Gasteiger partial charge in [-0.1, -0.05) is 12.1 Å². The molecule has 0 atom stereocenters. The van der Waals surface area contributed by atoms with Gasteiger partial charge in [-0.2, -0.15) is 26.3 Å². The van der Waals surface area contributed by atoms with Crippen molar-refractivity contribution in [3.63, 3.8) is 0 Å². The molecule has 0 bridgehead atoms. The van der Waals surface area contributed by atoms with E-state index in [1.54, 1.807) is 0 Å². The molecule has 0 saturated carbocycles. The molecule has 0 aliphatic heterocycles. The van der Waals surface area contributed by atoms with E-state index in [1.165, 1.54) is 0 Å². The number of anilines is 2. The highest BCUT2D eigenvalue weighted by molar-refractivity contribution is 5.58. The Balaban J connectivity index is 2.34. The summed E-state index contributed by atoms with van der Waals surface area (Å²) in [6, 6.07) is 5.27. The van der Waals surface area contributed by atoms with Crippen LogP contribution in [0.3, 0.4) is 0 Å². The van der Waals surface area contributed by atoms with Crippen molar-refractivity contribution < 1.29 is 49.0 Å². The van der Waals surface area contributed by atoms with Crippen LogP contribution in [0.5, 0.6) is 23.0 Å². The Morgan fingerprint density at radius 3 is 1.52 bits per heavy atom. The second-order valence-electron chi connectivity index (χ2n) is 6.45. The molecule has 0 amide bonds. The van der Waals surface area contributed by atoms with Crippen LogP contribution in [-0.2, 0) is 12.4 Å². The summed E-state index contributed by atoms with van der Waals surface area (Å²) >= 11 is 0. The molecule has 0 radical (unpaired) electrons. The standard InChI is InChI=1S/C20H11F9N2O2/c21-8-7-13(32-11-5-1-3-9(30)16(11)22)15(20(27,28)29)18(14(8)19(24,25)26)33-12-6-2-4-10(31)17(12)23/h1-7H,30-31H2. The largest absolute Gasteiger partial charge is 0.453 e. The molecule has 3 aromatic carbocycles. The van der Waals surface area contributed by atoms with Gasteiger partial charge in [-0.3, -0.25) is 0 Å². The van der Waals surface area contributed by atoms with Crippen LogP contribution in [0.2, 0.25) is 0 Å². The topological polar surface area (TPSA) is 70.5 Å². The lowest BCUT2D eigenvalue weighted by molar-refractivity contribution is -0.147. The van der Waals surface area contributed by atoms with E-state index in [0.29, 0.717) is 6.07 Å². The van der Waals surface area contributed by atoms with E-state index < -0.39 is 75.3 Å². The van der Waals surface area contributed by atoms with Crippen molar-refractivity contribution in [2.45, 2.75) is 12.4 Å². The minimum Gasteiger partial charge on any atom is -0.453 e. The summed E-state index contributed by atoms with van der Waals surface area (Å²) < 4.78 is 134. The predicted octanol–water partition coefficient (Wildman–Crippen LogP) is 6.89. The first-order chi connectivity index (χ1) is 15.2. The molecular weight excluding hydrogens is 471 g/mol. The number of hydrogen-bond donors (Lipinski definition) is 2. The zero-order valence-corrected chi connectivity index (χ0v) is 15.9. The van der Waals surface area contributed by atoms with Gasteiger partial charge >= 0.3 is 12.4 Å². The number of ether oxygens (including phenoxy) is 2. The highest BCUT2D eigenvalue weighted by atomic mass is 19.4. The molecule has 4 N–H and O–H groups in total. The first-order valence-corrected chi connectivity index (χ1v) is 8.66. The monoisotopic (exact) mass is 482 g/mol. The Kier molecular flexibility index (Phi) is 6.00. The van der Waals surface area contributed by atoms with E-state index in [0.717, 1.165) is 30.3 Å². The zero-order chi connectivity index (χ0) is 24.7. The van der Waals surface area contributed by atoms with E-state index >= 15 is 0 Å². The summed E-state index contributed by atoms with van der Waals surface area (Å²) in [7, 11) is 0. The van der Waals surface area contributed by atoms with Crippen molar-refractivity contribution in [3.05, 3.63) is 71.0 Å². The Labute approximate surface area is 179 Å². The molecule has 0 saturated heterocycles. The van der Waals surface area contributed by atoms with Gasteiger partial charge in [0, 0.05) is 6.07 Å². The first-order valence-electron chi connectivity index (χ1n) is 8.66. The fraction of sp³-hybridized carbons (Fsp3) is 0.100. The summed E-state index contributed by atoms with van der Waals surface area (Å²) in [6.45, 7) is 0. The fourth-order valence-corrected chi connectivity index (χ4v) is 2.76. The molecule has 0 aromatic heterocycles. The van der Waals surface area contributed by atoms with E-state index in [2.05, 4.69) is 4.74 Å². The molecule has 33 heavy (non-hydrogen) atoms. The van der Waals surface area contributed by atoms with Crippen molar-refractivity contribution in [1.82, 2.24) is 0 Å². The van der Waals surface area contributed by atoms with Gasteiger partial charge in [-0.15, -0.1) is 0 Å². The number of nitrogen functional groups attached to an aromatic ring is 2. The number of alkyl halides is 6. The van der Waals surface area contributed by atoms with Crippen molar-refractivity contribution in [3.8, 4) is 23.0 Å². The van der Waals surface area contributed by atoms with Gasteiger partial charge in [0.05, 0.1) is 11.4 Å². The zero-order valence-electron chi connectivity index (χ0n) is 15.9. The first kappa shape index (κ1) is 23.9. The van der Waals surface area contributed by atoms with Crippen LogP contribution >= 0.6 is 0 Å². The second-order valence-corrected chi connectivity index (χ2v) is 6.45. The van der Waals surface area contributed by atoms with Crippen molar-refractivity contribution in [2.24, 2.45) is 0 Å². The third-order valence-electron chi connectivity index (χ3n) is 4.18. The van der Waals surface area contributed by atoms with Crippen molar-refractivity contribution >= 4 is 11.4 Å². The Bertz CT molecular complexity index is 1210. The molecule has 13 heteroatoms. The third kappa shape index (κ3) is 4.71. The molecule has 0 fully saturated rings. The van der Waals surface area contributed by atoms with Crippen LogP contribution in [0.15, 0.2) is 42.5 Å². The number of hydrogen-bond acceptors (Lipinski definition) is 4. The van der Waals surface area contributed by atoms with Gasteiger partial charge in [-0.25, -0.2) is 13.2 Å². The number of benzene rings is 3. The van der Waals surface area contributed by atoms with Gasteiger partial charge in [0.25, 0.3) is 0 Å². The molecule has 0 aliphatic rings. The average Bonchev–Trinajstić information content (AvgIpc) is 2.66. The minimum absolute atomic E-state index is 0.239. The number of rotatable bonds is 4. The van der Waals surface area contributed by atoms with E-state index in [1.807, 2.05) is 0 Å². The van der Waals surface area contributed by atoms with Crippen LogP contribution in [0.1, 0.15) is 11.1 Å². The van der Waals surface area contributed by atoms with E-state index in [-0.39, 0.29) is 6.07 Å². The summed E-state index contributed by atoms with van der Waals surface area (Å²) in [4.78, 5) is 0. The molecule has 0 unspecified atom stereocenters. The highest BCUT2D eigenvalue weighted by Gasteiger charge is 2.47. The average molecular weight is 482 g/mol. The van der Waals surface area contributed by atoms with Gasteiger partial charge in [-0.05, 0) is 24.3 Å². The van der Waals surface area contributed by atoms with Crippen molar-refractivity contribution in [1.29, 1.82) is 0 Å². The SMILES string of the molecule is Nc1cccc(Oc2cc(F)c(C(F)(F)F)c(Oc3cccc(N)c3F)c2C(F)(F)F)c1F. The van der Waals surface area contributed by atoms with Gasteiger partial charge < -0.3 is 20.9 Å². The van der Waals surface area contributed by atoms with E-state index in [4.69, 9.17) is 16.2 Å². The molecule has 0 spiro atoms. The lowest BCUT2D eigenvalue weighted by Gasteiger charge is -2.22. The third-order valence-corrected chi connectivity index (χ3v) is 4.18. The lowest BCUT2D eigenvalue weighted by atomic mass is 10.0. The minimum atomic E-state index is -5.71. The molecule has 3 aromatic rings. The molecule has 4 nitrogen and oxygen atoms in total. The Hall–Kier alpha value is -3.77. The Morgan fingerprint density at radius 2 is 1.06 bits per heavy atom. The molecule has 0 aliphatic carbocycles. The van der Waals surface area contributed by atoms with Crippen LogP contribution in [0.25, 0.3) is 0 Å². The highest BCUT2D eigenvalue weighted by Crippen LogP contribution is 2.52. The summed E-state index contributed by atoms with van der Waals surface area (Å²) in [5, 5.41) is 0. The second kappa shape index (κ2) is 8.30. The summed E-state index contributed by atoms with van der Waals surface area (Å²) in [5.74, 6) is -10.9. The van der Waals surface area contributed by atoms with Gasteiger partial charge in [0.2, 0.25) is 0 Å². The lowest BCUT2D eigenvalue weighted by Crippen LogP contribution is -2.17. The van der Waals surface area contributed by atoms with Crippen molar-refractivity contribution in [2.75, 3.05) is 11.5 Å². The van der Waals surface area contributed by atoms with Crippen LogP contribution in [0.4, 0.5) is 50.9 Å². The fourth-order valence-electron chi connectivity index (χ4n) is 2.76. The molecule has 0 heterocycles. The van der Waals surface area contributed by atoms with Gasteiger partial charge in [0.1, 0.15) is 22.7 Å². The smallest absolute Gasteiger partial charge is 0.423 e. The van der Waals surface area contributed by atoms with Crippen LogP contribution in [0, 0.1) is 17.5 Å². The molecule has 176 valence electrons. The quantitative estimate of drug-likeness (QED) is 0.314. The van der Waals surface area contributed by atoms with Gasteiger partial charge in [0.15, 0.2) is 28.9 Å². The maximum Gasteiger partial charge on any atom is 0.423 e. The molecular formula is C20H11F9N2O2. The maximum absolute atomic E-state index is 14.5.